The molecule has 0 saturated heterocycles. The van der Waals surface area contributed by atoms with E-state index in [9.17, 15) is 14.3 Å². The maximum Gasteiger partial charge on any atom is 0.255 e. The number of carbonyl (C=O) groups excluding carboxylic acids is 1. The summed E-state index contributed by atoms with van der Waals surface area (Å²) in [7, 11) is 1.78. The second-order valence-electron chi connectivity index (χ2n) is 7.67. The lowest BCUT2D eigenvalue weighted by Crippen LogP contribution is -2.28. The summed E-state index contributed by atoms with van der Waals surface area (Å²) in [5, 5.41) is 16.2. The molecule has 0 aliphatic heterocycles. The van der Waals surface area contributed by atoms with Crippen LogP contribution in [-0.4, -0.2) is 39.5 Å². The molecule has 0 fully saturated rings. The predicted octanol–water partition coefficient (Wildman–Crippen LogP) is 3.63. The average Bonchev–Trinajstić information content (AvgIpc) is 2.95. The summed E-state index contributed by atoms with van der Waals surface area (Å²) < 4.78 is 21.4. The number of aliphatic hydroxyl groups is 1. The second-order valence-corrected chi connectivity index (χ2v) is 7.67. The molecule has 0 saturated carbocycles. The Morgan fingerprint density at radius 2 is 2.10 bits per heavy atom. The van der Waals surface area contributed by atoms with E-state index in [1.54, 1.807) is 49.9 Å². The molecular weight excluding hydrogens is 387 g/mol. The number of benzene rings is 1. The van der Waals surface area contributed by atoms with E-state index in [1.807, 2.05) is 13.0 Å². The number of aromatic nitrogens is 2. The summed E-state index contributed by atoms with van der Waals surface area (Å²) in [5.74, 6) is -1.45. The molecule has 1 aromatic carbocycles. The third-order valence-electron chi connectivity index (χ3n) is 4.61. The van der Waals surface area contributed by atoms with Gasteiger partial charge < -0.3 is 25.0 Å². The minimum absolute atomic E-state index is 0.277. The number of halogens is 1. The number of ether oxygens (including phenoxy) is 1. The van der Waals surface area contributed by atoms with Gasteiger partial charge in [0.25, 0.3) is 5.91 Å². The molecule has 0 unspecified atom stereocenters. The van der Waals surface area contributed by atoms with Crippen molar-refractivity contribution in [3.63, 3.8) is 0 Å². The van der Waals surface area contributed by atoms with Crippen molar-refractivity contribution in [2.45, 2.75) is 33.0 Å². The van der Waals surface area contributed by atoms with Crippen LogP contribution < -0.4 is 10.6 Å². The third-order valence-corrected chi connectivity index (χ3v) is 4.61. The van der Waals surface area contributed by atoms with Gasteiger partial charge >= 0.3 is 0 Å². The zero-order valence-corrected chi connectivity index (χ0v) is 17.6. The van der Waals surface area contributed by atoms with E-state index in [1.165, 1.54) is 6.07 Å². The Labute approximate surface area is 174 Å². The van der Waals surface area contributed by atoms with Crippen molar-refractivity contribution in [2.75, 3.05) is 18.5 Å². The monoisotopic (exact) mass is 414 g/mol. The SMILES string of the molecule is Cc1ccc(Nc2c(C(=O)NCCCOC(C)(C)O)c3cccnc3n2C)c(F)c1. The van der Waals surface area contributed by atoms with Crippen molar-refractivity contribution in [2.24, 2.45) is 7.05 Å². The first-order valence-electron chi connectivity index (χ1n) is 9.78. The van der Waals surface area contributed by atoms with Crippen molar-refractivity contribution >= 4 is 28.4 Å². The van der Waals surface area contributed by atoms with Crippen molar-refractivity contribution in [3.8, 4) is 0 Å². The summed E-state index contributed by atoms with van der Waals surface area (Å²) in [6.45, 7) is 5.59. The van der Waals surface area contributed by atoms with Crippen LogP contribution in [0.25, 0.3) is 11.0 Å². The fourth-order valence-corrected chi connectivity index (χ4v) is 3.17. The first-order valence-corrected chi connectivity index (χ1v) is 9.78. The van der Waals surface area contributed by atoms with Gasteiger partial charge in [0.15, 0.2) is 5.79 Å². The van der Waals surface area contributed by atoms with E-state index in [0.29, 0.717) is 42.0 Å². The smallest absolute Gasteiger partial charge is 0.255 e. The Morgan fingerprint density at radius 1 is 1.33 bits per heavy atom. The molecule has 3 aromatic rings. The fourth-order valence-electron chi connectivity index (χ4n) is 3.17. The molecule has 0 atom stereocenters. The van der Waals surface area contributed by atoms with Gasteiger partial charge in [0.05, 0.1) is 17.9 Å². The average molecular weight is 414 g/mol. The zero-order valence-electron chi connectivity index (χ0n) is 17.6. The van der Waals surface area contributed by atoms with E-state index in [2.05, 4.69) is 15.6 Å². The summed E-state index contributed by atoms with van der Waals surface area (Å²) in [5.41, 5.74) is 2.09. The van der Waals surface area contributed by atoms with E-state index in [4.69, 9.17) is 4.74 Å². The van der Waals surface area contributed by atoms with Crippen LogP contribution in [0.5, 0.6) is 0 Å². The topological polar surface area (TPSA) is 88.4 Å². The molecule has 2 heterocycles. The fraction of sp³-hybridized carbons (Fsp3) is 0.364. The minimum atomic E-state index is -1.21. The number of hydrogen-bond acceptors (Lipinski definition) is 5. The zero-order chi connectivity index (χ0) is 21.9. The molecule has 2 aromatic heterocycles. The number of fused-ring (bicyclic) bond motifs is 1. The molecule has 0 aliphatic rings. The number of aryl methyl sites for hydroxylation is 2. The molecular formula is C22H27FN4O3. The van der Waals surface area contributed by atoms with Gasteiger partial charge in [-0.05, 0) is 57.0 Å². The third kappa shape index (κ3) is 4.95. The Morgan fingerprint density at radius 3 is 2.80 bits per heavy atom. The maximum atomic E-state index is 14.4. The van der Waals surface area contributed by atoms with Crippen LogP contribution in [0.4, 0.5) is 15.9 Å². The Bertz CT molecular complexity index is 1060. The molecule has 160 valence electrons. The second kappa shape index (κ2) is 8.81. The Hall–Kier alpha value is -2.97. The van der Waals surface area contributed by atoms with Gasteiger partial charge in [-0.25, -0.2) is 9.37 Å². The number of anilines is 2. The largest absolute Gasteiger partial charge is 0.366 e. The van der Waals surface area contributed by atoms with E-state index in [0.717, 1.165) is 5.56 Å². The summed E-state index contributed by atoms with van der Waals surface area (Å²) in [6, 6.07) is 8.45. The van der Waals surface area contributed by atoms with Crippen LogP contribution >= 0.6 is 0 Å². The van der Waals surface area contributed by atoms with Crippen LogP contribution in [0.1, 0.15) is 36.2 Å². The predicted molar refractivity (Wildman–Crippen MR) is 114 cm³/mol. The van der Waals surface area contributed by atoms with E-state index < -0.39 is 11.6 Å². The van der Waals surface area contributed by atoms with Crippen LogP contribution in [-0.2, 0) is 11.8 Å². The molecule has 7 nitrogen and oxygen atoms in total. The van der Waals surface area contributed by atoms with Crippen molar-refractivity contribution in [3.05, 3.63) is 53.5 Å². The van der Waals surface area contributed by atoms with Crippen LogP contribution in [0.15, 0.2) is 36.5 Å². The van der Waals surface area contributed by atoms with Gasteiger partial charge in [0, 0.05) is 25.2 Å². The van der Waals surface area contributed by atoms with Crippen molar-refractivity contribution in [1.29, 1.82) is 0 Å². The first kappa shape index (κ1) is 21.7. The molecule has 0 bridgehead atoms. The lowest BCUT2D eigenvalue weighted by molar-refractivity contribution is -0.175. The Balaban J connectivity index is 1.85. The van der Waals surface area contributed by atoms with E-state index >= 15 is 0 Å². The number of hydrogen-bond donors (Lipinski definition) is 3. The van der Waals surface area contributed by atoms with Gasteiger partial charge in [0.1, 0.15) is 17.3 Å². The highest BCUT2D eigenvalue weighted by molar-refractivity contribution is 6.11. The highest BCUT2D eigenvalue weighted by Crippen LogP contribution is 2.31. The molecule has 0 aliphatic carbocycles. The molecule has 8 heteroatoms. The van der Waals surface area contributed by atoms with Crippen LogP contribution in [0, 0.1) is 12.7 Å². The maximum absolute atomic E-state index is 14.4. The van der Waals surface area contributed by atoms with Gasteiger partial charge in [-0.3, -0.25) is 4.79 Å². The van der Waals surface area contributed by atoms with Gasteiger partial charge in [-0.1, -0.05) is 6.07 Å². The first-order chi connectivity index (χ1) is 14.2. The summed E-state index contributed by atoms with van der Waals surface area (Å²) in [6.07, 6.45) is 2.18. The number of pyridine rings is 1. The quantitative estimate of drug-likeness (QED) is 0.387. The molecule has 30 heavy (non-hydrogen) atoms. The highest BCUT2D eigenvalue weighted by atomic mass is 19.1. The molecule has 0 spiro atoms. The summed E-state index contributed by atoms with van der Waals surface area (Å²) in [4.78, 5) is 17.4. The number of nitrogens with zero attached hydrogens (tertiary/aromatic N) is 2. The number of amides is 1. The number of nitrogens with one attached hydrogen (secondary N) is 2. The van der Waals surface area contributed by atoms with Gasteiger partial charge in [-0.15, -0.1) is 0 Å². The normalized spacial score (nSPS) is 11.7. The van der Waals surface area contributed by atoms with E-state index in [-0.39, 0.29) is 11.6 Å². The van der Waals surface area contributed by atoms with Crippen molar-refractivity contribution < 1.29 is 19.0 Å². The highest BCUT2D eigenvalue weighted by Gasteiger charge is 2.22. The lowest BCUT2D eigenvalue weighted by Gasteiger charge is -2.18. The van der Waals surface area contributed by atoms with Crippen LogP contribution in [0.2, 0.25) is 0 Å². The number of rotatable bonds is 8. The molecule has 3 rings (SSSR count). The minimum Gasteiger partial charge on any atom is -0.366 e. The lowest BCUT2D eigenvalue weighted by atomic mass is 10.1. The molecule has 0 radical (unpaired) electrons. The van der Waals surface area contributed by atoms with Crippen LogP contribution in [0.3, 0.4) is 0 Å². The molecule has 1 amide bonds. The standard InChI is InChI=1S/C22H27FN4O3/c1-14-8-9-17(16(23)13-14)26-20-18(15-7-5-10-24-19(15)27(20)4)21(28)25-11-6-12-30-22(2,3)29/h5,7-10,13,26,29H,6,11-12H2,1-4H3,(H,25,28). The summed E-state index contributed by atoms with van der Waals surface area (Å²) >= 11 is 0. The number of carbonyl (C=O) groups is 1. The Kier molecular flexibility index (Phi) is 6.38. The molecule has 3 N–H and O–H groups in total. The van der Waals surface area contributed by atoms with Gasteiger partial charge in [0.2, 0.25) is 0 Å². The van der Waals surface area contributed by atoms with Crippen molar-refractivity contribution in [1.82, 2.24) is 14.9 Å². The van der Waals surface area contributed by atoms with Gasteiger partial charge in [-0.2, -0.15) is 0 Å².